The van der Waals surface area contributed by atoms with Crippen LogP contribution in [0.3, 0.4) is 0 Å². The molecule has 0 radical (unpaired) electrons. The fourth-order valence-electron chi connectivity index (χ4n) is 2.62. The van der Waals surface area contributed by atoms with Crippen molar-refractivity contribution in [2.45, 2.75) is 26.9 Å². The molecule has 0 atom stereocenters. The summed E-state index contributed by atoms with van der Waals surface area (Å²) in [5, 5.41) is 0. The molecular weight excluding hydrogens is 279 g/mol. The monoisotopic (exact) mass is 304 g/mol. The van der Waals surface area contributed by atoms with Crippen LogP contribution in [0, 0.1) is 0 Å². The molecule has 0 aliphatic rings. The number of hydrogen-bond donors (Lipinski definition) is 0. The van der Waals surface area contributed by atoms with Crippen LogP contribution in [0.1, 0.15) is 26.3 Å². The second-order valence-electron chi connectivity index (χ2n) is 5.23. The van der Waals surface area contributed by atoms with Gasteiger partial charge in [-0.1, -0.05) is 0 Å². The molecule has 0 N–H and O–H groups in total. The van der Waals surface area contributed by atoms with E-state index in [-0.39, 0.29) is 0 Å². The molecule has 1 aromatic rings. The van der Waals surface area contributed by atoms with E-state index in [9.17, 15) is 8.42 Å². The van der Waals surface area contributed by atoms with Crippen molar-refractivity contribution in [1.29, 1.82) is 0 Å². The molecule has 3 nitrogen and oxygen atoms in total. The van der Waals surface area contributed by atoms with Gasteiger partial charge in [-0.05, 0) is 0 Å². The van der Waals surface area contributed by atoms with Gasteiger partial charge in [-0.3, -0.25) is 0 Å². The predicted molar refractivity (Wildman–Crippen MR) is 84.6 cm³/mol. The maximum absolute atomic E-state index is 11.7. The van der Waals surface area contributed by atoms with Gasteiger partial charge in [-0.2, -0.15) is 0 Å². The van der Waals surface area contributed by atoms with Crippen molar-refractivity contribution in [1.82, 2.24) is 0 Å². The normalized spacial score (nSPS) is 14.8. The zero-order valence-electron chi connectivity index (χ0n) is 12.3. The first-order valence-corrected chi connectivity index (χ1v) is 11.5. The average molecular weight is 304 g/mol. The molecule has 1 rings (SSSR count). The first kappa shape index (κ1) is 16.6. The minimum absolute atomic E-state index is 0.739. The zero-order chi connectivity index (χ0) is 14.6. The quantitative estimate of drug-likeness (QED) is 0.722. The van der Waals surface area contributed by atoms with Crippen LogP contribution in [0.15, 0.2) is 30.3 Å². The molecule has 0 fully saturated rings. The zero-order valence-corrected chi connectivity index (χ0v) is 14.0. The topological polar surface area (TPSA) is 43.4 Å². The Balaban J connectivity index is 3.26. The van der Waals surface area contributed by atoms with E-state index in [1.165, 1.54) is 6.26 Å². The van der Waals surface area contributed by atoms with Crippen LogP contribution < -0.4 is 0 Å². The third kappa shape index (κ3) is 4.01. The summed E-state index contributed by atoms with van der Waals surface area (Å²) < 4.78 is 29.2. The predicted octanol–water partition coefficient (Wildman–Crippen LogP) is 3.69. The van der Waals surface area contributed by atoms with Crippen LogP contribution in [0.4, 0.5) is 0 Å². The van der Waals surface area contributed by atoms with Gasteiger partial charge in [-0.15, -0.1) is 0 Å². The van der Waals surface area contributed by atoms with Gasteiger partial charge in [0.15, 0.2) is 0 Å². The van der Waals surface area contributed by atoms with Gasteiger partial charge >= 0.3 is 117 Å². The molecule has 0 aliphatic carbocycles. The van der Waals surface area contributed by atoms with Crippen molar-refractivity contribution in [2.75, 3.05) is 24.7 Å². The van der Waals surface area contributed by atoms with Gasteiger partial charge in [0.2, 0.25) is 0 Å². The van der Waals surface area contributed by atoms with Crippen LogP contribution in [-0.4, -0.2) is 33.2 Å². The van der Waals surface area contributed by atoms with Crippen molar-refractivity contribution < 1.29 is 12.4 Å². The standard InChI is InChI=1S/C14H25O3PS/c1-5-18(6-2,7-3,17-19(4,15)16)13-14-11-9-8-10-12-14/h8-12H,5-7,13H2,1-4H3. The molecule has 0 aliphatic heterocycles. The molecule has 19 heavy (non-hydrogen) atoms. The van der Waals surface area contributed by atoms with Crippen molar-refractivity contribution in [3.8, 4) is 0 Å². The van der Waals surface area contributed by atoms with Crippen molar-refractivity contribution in [3.05, 3.63) is 35.9 Å². The van der Waals surface area contributed by atoms with E-state index in [1.54, 1.807) is 0 Å². The summed E-state index contributed by atoms with van der Waals surface area (Å²) in [4.78, 5) is 0. The molecule has 0 bridgehead atoms. The van der Waals surface area contributed by atoms with E-state index in [0.717, 1.165) is 30.2 Å². The van der Waals surface area contributed by atoms with Crippen molar-refractivity contribution in [2.24, 2.45) is 0 Å². The molecule has 5 heteroatoms. The summed E-state index contributed by atoms with van der Waals surface area (Å²) in [6, 6.07) is 10.0. The number of benzene rings is 1. The molecule has 0 amide bonds. The maximum atomic E-state index is 11.7. The molecule has 110 valence electrons. The van der Waals surface area contributed by atoms with E-state index in [2.05, 4.69) is 20.8 Å². The van der Waals surface area contributed by atoms with Crippen LogP contribution in [0.2, 0.25) is 0 Å². The van der Waals surface area contributed by atoms with Crippen LogP contribution in [-0.2, 0) is 20.3 Å². The molecule has 0 heterocycles. The molecule has 0 spiro atoms. The Morgan fingerprint density at radius 1 is 1.00 bits per heavy atom. The first-order valence-electron chi connectivity index (χ1n) is 6.74. The summed E-state index contributed by atoms with van der Waals surface area (Å²) >= 11 is 0. The van der Waals surface area contributed by atoms with Crippen molar-refractivity contribution >= 4 is 16.9 Å². The second kappa shape index (κ2) is 5.90. The fraction of sp³-hybridized carbons (Fsp3) is 0.571. The Hall–Kier alpha value is -0.440. The summed E-state index contributed by atoms with van der Waals surface area (Å²) in [5.74, 6) is 0. The van der Waals surface area contributed by atoms with Crippen LogP contribution in [0.25, 0.3) is 0 Å². The summed E-state index contributed by atoms with van der Waals surface area (Å²) in [5.41, 5.74) is 1.16. The molecular formula is C14H25O3PS. The Labute approximate surface area is 117 Å². The van der Waals surface area contributed by atoms with E-state index >= 15 is 0 Å². The molecule has 0 aromatic heterocycles. The Morgan fingerprint density at radius 3 is 1.84 bits per heavy atom. The van der Waals surface area contributed by atoms with Gasteiger partial charge in [-0.25, -0.2) is 0 Å². The van der Waals surface area contributed by atoms with Crippen molar-refractivity contribution in [3.63, 3.8) is 0 Å². The molecule has 0 saturated carbocycles. The summed E-state index contributed by atoms with van der Waals surface area (Å²) in [6.45, 7) is 3.45. The molecule has 1 aromatic carbocycles. The molecule has 0 unspecified atom stereocenters. The SMILES string of the molecule is CCP(CC)(CC)(Cc1ccccc1)OS(C)(=O)=O. The third-order valence-corrected chi connectivity index (χ3v) is 12.9. The Bertz CT molecular complexity index is 496. The first-order chi connectivity index (χ1) is 8.78. The van der Waals surface area contributed by atoms with E-state index in [4.69, 9.17) is 3.97 Å². The van der Waals surface area contributed by atoms with Gasteiger partial charge in [0.1, 0.15) is 0 Å². The van der Waals surface area contributed by atoms with Gasteiger partial charge < -0.3 is 0 Å². The second-order valence-corrected chi connectivity index (χ2v) is 13.2. The van der Waals surface area contributed by atoms with Gasteiger partial charge in [0.05, 0.1) is 0 Å². The Morgan fingerprint density at radius 2 is 1.47 bits per heavy atom. The van der Waals surface area contributed by atoms with Gasteiger partial charge in [0, 0.05) is 0 Å². The van der Waals surface area contributed by atoms with E-state index in [1.807, 2.05) is 30.3 Å². The van der Waals surface area contributed by atoms with Crippen LogP contribution >= 0.6 is 6.83 Å². The summed E-state index contributed by atoms with van der Waals surface area (Å²) in [6.07, 6.45) is 4.28. The van der Waals surface area contributed by atoms with Gasteiger partial charge in [0.25, 0.3) is 0 Å². The van der Waals surface area contributed by atoms with Crippen LogP contribution in [0.5, 0.6) is 0 Å². The number of rotatable bonds is 7. The summed E-state index contributed by atoms with van der Waals surface area (Å²) in [7, 11) is -3.44. The number of hydrogen-bond acceptors (Lipinski definition) is 3. The fourth-order valence-corrected chi connectivity index (χ4v) is 10.3. The average Bonchev–Trinajstić information content (AvgIpc) is 2.38. The Kier molecular flexibility index (Phi) is 5.16. The third-order valence-electron chi connectivity index (χ3n) is 4.17. The minimum atomic E-state index is -3.44. The van der Waals surface area contributed by atoms with E-state index in [0.29, 0.717) is 0 Å². The van der Waals surface area contributed by atoms with E-state index < -0.39 is 16.9 Å². The molecule has 0 saturated heterocycles.